The summed E-state index contributed by atoms with van der Waals surface area (Å²) >= 11 is 0. The second-order valence-electron chi connectivity index (χ2n) is 4.29. The summed E-state index contributed by atoms with van der Waals surface area (Å²) in [5, 5.41) is 11.3. The molecule has 1 aromatic carbocycles. The normalized spacial score (nSPS) is 10.6. The first-order chi connectivity index (χ1) is 9.74. The molecule has 0 unspecified atom stereocenters. The molecule has 3 aromatic rings. The topological polar surface area (TPSA) is 79.2 Å². The van der Waals surface area contributed by atoms with Crippen LogP contribution in [0.2, 0.25) is 0 Å². The maximum atomic E-state index is 12.1. The Morgan fingerprint density at radius 3 is 2.85 bits per heavy atom. The van der Waals surface area contributed by atoms with Crippen LogP contribution in [0.25, 0.3) is 11.0 Å². The molecule has 0 saturated heterocycles. The first-order valence-electron chi connectivity index (χ1n) is 6.12. The minimum atomic E-state index is -0.360. The van der Waals surface area contributed by atoms with Gasteiger partial charge in [0.05, 0.1) is 12.8 Å². The number of para-hydroxylation sites is 1. The summed E-state index contributed by atoms with van der Waals surface area (Å²) in [6.45, 7) is 0.276. The van der Waals surface area contributed by atoms with Crippen LogP contribution in [-0.4, -0.2) is 5.91 Å². The predicted molar refractivity (Wildman–Crippen MR) is 71.9 cm³/mol. The average Bonchev–Trinajstić information content (AvgIpc) is 2.97. The molecule has 0 atom stereocenters. The monoisotopic (exact) mass is 268 g/mol. The molecule has 2 heterocycles. The number of furan rings is 1. The summed E-state index contributed by atoms with van der Waals surface area (Å²) in [7, 11) is 0. The predicted octanol–water partition coefficient (Wildman–Crippen LogP) is 2.44. The van der Waals surface area contributed by atoms with Gasteiger partial charge in [-0.3, -0.25) is 10.2 Å². The van der Waals surface area contributed by atoms with Crippen LogP contribution >= 0.6 is 0 Å². The van der Waals surface area contributed by atoms with E-state index >= 15 is 0 Å². The highest BCUT2D eigenvalue weighted by Crippen LogP contribution is 2.12. The van der Waals surface area contributed by atoms with Crippen LogP contribution < -0.4 is 10.9 Å². The largest absolute Gasteiger partial charge is 0.467 e. The van der Waals surface area contributed by atoms with E-state index in [4.69, 9.17) is 14.2 Å². The number of amides is 1. The molecule has 0 bridgehead atoms. The Morgan fingerprint density at radius 1 is 1.20 bits per heavy atom. The Morgan fingerprint density at radius 2 is 2.05 bits per heavy atom. The fourth-order valence-electron chi connectivity index (χ4n) is 1.92. The smallest absolute Gasteiger partial charge is 0.257 e. The number of hydrogen-bond donors (Lipinski definition) is 2. The third-order valence-corrected chi connectivity index (χ3v) is 2.92. The number of carbonyl (C=O) groups excluding carboxylic acids is 1. The minimum absolute atomic E-state index is 0.152. The van der Waals surface area contributed by atoms with E-state index in [0.29, 0.717) is 11.3 Å². The molecule has 0 fully saturated rings. The van der Waals surface area contributed by atoms with Gasteiger partial charge in [0, 0.05) is 5.39 Å². The number of rotatable bonds is 3. The van der Waals surface area contributed by atoms with Crippen LogP contribution in [0.15, 0.2) is 57.6 Å². The van der Waals surface area contributed by atoms with Crippen molar-refractivity contribution in [2.75, 3.05) is 0 Å². The van der Waals surface area contributed by atoms with Crippen molar-refractivity contribution in [3.63, 3.8) is 0 Å². The maximum absolute atomic E-state index is 12.1. The zero-order valence-electron chi connectivity index (χ0n) is 10.6. The van der Waals surface area contributed by atoms with Crippen LogP contribution in [0.4, 0.5) is 0 Å². The number of hydrogen-bond acceptors (Lipinski definition) is 4. The van der Waals surface area contributed by atoms with Crippen LogP contribution in [0.3, 0.4) is 0 Å². The first kappa shape index (κ1) is 12.2. The molecule has 2 N–H and O–H groups in total. The van der Waals surface area contributed by atoms with Gasteiger partial charge in [-0.2, -0.15) is 0 Å². The maximum Gasteiger partial charge on any atom is 0.257 e. The highest BCUT2D eigenvalue weighted by Gasteiger charge is 2.11. The number of benzene rings is 1. The van der Waals surface area contributed by atoms with Crippen molar-refractivity contribution in [2.45, 2.75) is 6.54 Å². The summed E-state index contributed by atoms with van der Waals surface area (Å²) in [4.78, 5) is 12.1. The molecule has 3 rings (SSSR count). The molecule has 0 aliphatic rings. The lowest BCUT2D eigenvalue weighted by Gasteiger charge is -2.04. The van der Waals surface area contributed by atoms with E-state index in [9.17, 15) is 4.79 Å². The number of nitrogens with one attached hydrogen (secondary N) is 2. The summed E-state index contributed by atoms with van der Waals surface area (Å²) in [6.07, 6.45) is 1.54. The van der Waals surface area contributed by atoms with E-state index in [1.54, 1.807) is 30.5 Å². The summed E-state index contributed by atoms with van der Waals surface area (Å²) in [5.74, 6) is 0.295. The van der Waals surface area contributed by atoms with Gasteiger partial charge in [-0.25, -0.2) is 0 Å². The van der Waals surface area contributed by atoms with E-state index in [1.165, 1.54) is 0 Å². The van der Waals surface area contributed by atoms with Gasteiger partial charge >= 0.3 is 0 Å². The lowest BCUT2D eigenvalue weighted by Crippen LogP contribution is -2.27. The Bertz CT molecular complexity index is 803. The highest BCUT2D eigenvalue weighted by atomic mass is 16.3. The van der Waals surface area contributed by atoms with Crippen molar-refractivity contribution in [1.82, 2.24) is 5.32 Å². The molecule has 0 aliphatic carbocycles. The lowest BCUT2D eigenvalue weighted by atomic mass is 10.2. The van der Waals surface area contributed by atoms with E-state index in [2.05, 4.69) is 5.32 Å². The van der Waals surface area contributed by atoms with Gasteiger partial charge < -0.3 is 14.2 Å². The van der Waals surface area contributed by atoms with Gasteiger partial charge in [0.25, 0.3) is 5.91 Å². The Hall–Kier alpha value is -2.82. The molecule has 5 nitrogen and oxygen atoms in total. The number of fused-ring (bicyclic) bond motifs is 1. The molecule has 0 radical (unpaired) electrons. The van der Waals surface area contributed by atoms with Crippen molar-refractivity contribution >= 4 is 16.9 Å². The van der Waals surface area contributed by atoms with E-state index in [1.807, 2.05) is 18.2 Å². The van der Waals surface area contributed by atoms with Crippen LogP contribution in [0.5, 0.6) is 0 Å². The van der Waals surface area contributed by atoms with Crippen molar-refractivity contribution in [2.24, 2.45) is 0 Å². The summed E-state index contributed by atoms with van der Waals surface area (Å²) < 4.78 is 10.5. The molecule has 20 heavy (non-hydrogen) atoms. The Labute approximate surface area is 114 Å². The van der Waals surface area contributed by atoms with E-state index < -0.39 is 0 Å². The zero-order chi connectivity index (χ0) is 13.9. The van der Waals surface area contributed by atoms with Gasteiger partial charge in [-0.05, 0) is 24.3 Å². The molecule has 1 amide bonds. The molecular formula is C15H12N2O3. The average molecular weight is 268 g/mol. The van der Waals surface area contributed by atoms with Crippen LogP contribution in [-0.2, 0) is 6.54 Å². The summed E-state index contributed by atoms with van der Waals surface area (Å²) in [5.41, 5.74) is 0.635. The first-order valence-corrected chi connectivity index (χ1v) is 6.12. The van der Waals surface area contributed by atoms with E-state index in [0.717, 1.165) is 5.39 Å². The van der Waals surface area contributed by atoms with Gasteiger partial charge in [0.15, 0.2) is 0 Å². The molecule has 0 spiro atoms. The molecule has 0 saturated carbocycles. The molecule has 0 aliphatic heterocycles. The summed E-state index contributed by atoms with van der Waals surface area (Å²) in [6, 6.07) is 12.4. The van der Waals surface area contributed by atoms with Gasteiger partial charge in [0.1, 0.15) is 16.9 Å². The Kier molecular flexibility index (Phi) is 3.09. The zero-order valence-corrected chi connectivity index (χ0v) is 10.6. The molecular weight excluding hydrogens is 256 g/mol. The van der Waals surface area contributed by atoms with Crippen molar-refractivity contribution in [3.8, 4) is 0 Å². The third-order valence-electron chi connectivity index (χ3n) is 2.92. The molecule has 5 heteroatoms. The van der Waals surface area contributed by atoms with Gasteiger partial charge in [-0.15, -0.1) is 0 Å². The lowest BCUT2D eigenvalue weighted by molar-refractivity contribution is 0.0943. The van der Waals surface area contributed by atoms with Crippen LogP contribution in [0.1, 0.15) is 16.1 Å². The fourth-order valence-corrected chi connectivity index (χ4v) is 1.92. The minimum Gasteiger partial charge on any atom is -0.467 e. The number of carbonyl (C=O) groups is 1. The van der Waals surface area contributed by atoms with E-state index in [-0.39, 0.29) is 23.6 Å². The molecule has 100 valence electrons. The molecule has 2 aromatic heterocycles. The second-order valence-corrected chi connectivity index (χ2v) is 4.29. The van der Waals surface area contributed by atoms with Crippen LogP contribution in [0, 0.1) is 5.41 Å². The van der Waals surface area contributed by atoms with Crippen molar-refractivity contribution in [1.29, 1.82) is 5.41 Å². The van der Waals surface area contributed by atoms with Crippen molar-refractivity contribution < 1.29 is 13.6 Å². The van der Waals surface area contributed by atoms with Gasteiger partial charge in [0.2, 0.25) is 5.55 Å². The van der Waals surface area contributed by atoms with Crippen molar-refractivity contribution in [3.05, 3.63) is 65.6 Å². The SMILES string of the molecule is N=c1oc2ccccc2cc1C(=O)NCc1ccco1. The quantitative estimate of drug-likeness (QED) is 0.765. The second kappa shape index (κ2) is 5.05. The standard InChI is InChI=1S/C15H12N2O3/c16-14-12(8-10-4-1-2-6-13(10)20-14)15(18)17-9-11-5-3-7-19-11/h1-8,16H,9H2,(H,17,18). The highest BCUT2D eigenvalue weighted by molar-refractivity contribution is 5.96. The fraction of sp³-hybridized carbons (Fsp3) is 0.0667. The third kappa shape index (κ3) is 2.33. The van der Waals surface area contributed by atoms with Gasteiger partial charge in [-0.1, -0.05) is 18.2 Å². The Balaban J connectivity index is 1.87.